The number of rotatable bonds is 3. The lowest BCUT2D eigenvalue weighted by Gasteiger charge is -2.37. The van der Waals surface area contributed by atoms with E-state index < -0.39 is 0 Å². The summed E-state index contributed by atoms with van der Waals surface area (Å²) in [6.07, 6.45) is 2.57. The fourth-order valence-electron chi connectivity index (χ4n) is 2.32. The van der Waals surface area contributed by atoms with Gasteiger partial charge in [0.25, 0.3) is 5.56 Å². The van der Waals surface area contributed by atoms with Crippen molar-refractivity contribution in [3.05, 3.63) is 16.7 Å². The molecule has 2 heterocycles. The first kappa shape index (κ1) is 12.9. The molecule has 1 saturated heterocycles. The highest BCUT2D eigenvalue weighted by Crippen LogP contribution is 2.27. The summed E-state index contributed by atoms with van der Waals surface area (Å²) in [5.41, 5.74) is -0.255. The molecule has 1 N–H and O–H groups in total. The molecule has 2 atom stereocenters. The summed E-state index contributed by atoms with van der Waals surface area (Å²) in [5, 5.41) is 0. The number of nitrogens with one attached hydrogen (secondary N) is 1. The number of ether oxygens (including phenoxy) is 2. The first-order chi connectivity index (χ1) is 8.67. The van der Waals surface area contributed by atoms with E-state index in [4.69, 9.17) is 9.47 Å². The van der Waals surface area contributed by atoms with Gasteiger partial charge in [0.05, 0.1) is 19.5 Å². The molecule has 1 fully saturated rings. The van der Waals surface area contributed by atoms with Gasteiger partial charge in [-0.05, 0) is 12.3 Å². The molecule has 1 aromatic heterocycles. The molecule has 18 heavy (non-hydrogen) atoms. The van der Waals surface area contributed by atoms with Crippen molar-refractivity contribution in [3.8, 4) is 5.75 Å². The third-order valence-electron chi connectivity index (χ3n) is 3.49. The number of hydrogen-bond acceptors (Lipinski definition) is 5. The molecule has 1 aliphatic rings. The van der Waals surface area contributed by atoms with E-state index >= 15 is 0 Å². The van der Waals surface area contributed by atoms with Crippen molar-refractivity contribution in [3.63, 3.8) is 0 Å². The zero-order chi connectivity index (χ0) is 13.1. The quantitative estimate of drug-likeness (QED) is 0.856. The summed E-state index contributed by atoms with van der Waals surface area (Å²) in [7, 11) is 3.20. The molecule has 0 amide bonds. The van der Waals surface area contributed by atoms with Crippen molar-refractivity contribution in [1.82, 2.24) is 9.97 Å². The number of aromatic amines is 1. The van der Waals surface area contributed by atoms with Crippen molar-refractivity contribution in [2.75, 3.05) is 32.2 Å². The fourth-order valence-corrected chi connectivity index (χ4v) is 2.32. The van der Waals surface area contributed by atoms with Crippen LogP contribution in [-0.4, -0.2) is 43.4 Å². The molecule has 0 bridgehead atoms. The van der Waals surface area contributed by atoms with Crippen molar-refractivity contribution >= 4 is 5.82 Å². The molecule has 0 aromatic carbocycles. The Kier molecular flexibility index (Phi) is 3.86. The van der Waals surface area contributed by atoms with Crippen LogP contribution in [0.4, 0.5) is 5.82 Å². The van der Waals surface area contributed by atoms with E-state index in [9.17, 15) is 4.79 Å². The number of aromatic nitrogens is 2. The summed E-state index contributed by atoms with van der Waals surface area (Å²) in [6.45, 7) is 3.76. The smallest absolute Gasteiger partial charge is 0.295 e. The SMILES string of the molecule is COc1c(N2CCC(C)C(OC)C2)nc[nH]c1=O. The predicted octanol–water partition coefficient (Wildman–Crippen LogP) is 0.640. The molecule has 0 saturated carbocycles. The van der Waals surface area contributed by atoms with E-state index in [-0.39, 0.29) is 17.4 Å². The summed E-state index contributed by atoms with van der Waals surface area (Å²) in [6, 6.07) is 0. The minimum atomic E-state index is -0.255. The van der Waals surface area contributed by atoms with Gasteiger partial charge in [0.2, 0.25) is 5.75 Å². The van der Waals surface area contributed by atoms with Crippen LogP contribution in [0.2, 0.25) is 0 Å². The van der Waals surface area contributed by atoms with Crippen molar-refractivity contribution < 1.29 is 9.47 Å². The molecular weight excluding hydrogens is 234 g/mol. The molecule has 1 aromatic rings. The van der Waals surface area contributed by atoms with Crippen molar-refractivity contribution in [2.45, 2.75) is 19.4 Å². The van der Waals surface area contributed by atoms with Gasteiger partial charge in [0.1, 0.15) is 0 Å². The lowest BCUT2D eigenvalue weighted by molar-refractivity contribution is 0.0495. The minimum Gasteiger partial charge on any atom is -0.489 e. The van der Waals surface area contributed by atoms with Crippen molar-refractivity contribution in [2.24, 2.45) is 5.92 Å². The maximum Gasteiger partial charge on any atom is 0.295 e. The molecule has 0 spiro atoms. The number of H-pyrrole nitrogens is 1. The van der Waals surface area contributed by atoms with Crippen LogP contribution in [0.25, 0.3) is 0 Å². The standard InChI is InChI=1S/C12H19N3O3/c1-8-4-5-15(6-9(8)17-2)11-10(18-3)12(16)14-7-13-11/h7-9H,4-6H2,1-3H3,(H,13,14,16). The third-order valence-corrected chi connectivity index (χ3v) is 3.49. The van der Waals surface area contributed by atoms with E-state index in [2.05, 4.69) is 16.9 Å². The zero-order valence-corrected chi connectivity index (χ0v) is 11.0. The molecule has 1 aliphatic heterocycles. The van der Waals surface area contributed by atoms with E-state index in [0.29, 0.717) is 11.7 Å². The molecule has 2 unspecified atom stereocenters. The molecule has 0 radical (unpaired) electrons. The van der Waals surface area contributed by atoms with Gasteiger partial charge in [-0.1, -0.05) is 6.92 Å². The molecule has 6 nitrogen and oxygen atoms in total. The van der Waals surface area contributed by atoms with E-state index in [1.54, 1.807) is 7.11 Å². The Hall–Kier alpha value is -1.56. The van der Waals surface area contributed by atoms with Gasteiger partial charge < -0.3 is 19.4 Å². The van der Waals surface area contributed by atoms with Crippen LogP contribution in [0.1, 0.15) is 13.3 Å². The van der Waals surface area contributed by atoms with Crippen LogP contribution in [-0.2, 0) is 4.74 Å². The Morgan fingerprint density at radius 3 is 2.94 bits per heavy atom. The molecule has 2 rings (SSSR count). The average Bonchev–Trinajstić information content (AvgIpc) is 2.39. The fraction of sp³-hybridized carbons (Fsp3) is 0.667. The highest BCUT2D eigenvalue weighted by Gasteiger charge is 2.28. The molecule has 6 heteroatoms. The van der Waals surface area contributed by atoms with Gasteiger partial charge in [-0.25, -0.2) is 4.98 Å². The summed E-state index contributed by atoms with van der Waals surface area (Å²) >= 11 is 0. The number of nitrogens with zero attached hydrogens (tertiary/aromatic N) is 2. The van der Waals surface area contributed by atoms with Crippen LogP contribution < -0.4 is 15.2 Å². The van der Waals surface area contributed by atoms with Gasteiger partial charge >= 0.3 is 0 Å². The third kappa shape index (κ3) is 2.33. The molecular formula is C12H19N3O3. The van der Waals surface area contributed by atoms with Gasteiger partial charge in [-0.2, -0.15) is 0 Å². The van der Waals surface area contributed by atoms with Crippen LogP contribution >= 0.6 is 0 Å². The van der Waals surface area contributed by atoms with E-state index in [0.717, 1.165) is 19.5 Å². The van der Waals surface area contributed by atoms with Gasteiger partial charge in [0, 0.05) is 20.2 Å². The first-order valence-corrected chi connectivity index (χ1v) is 6.06. The highest BCUT2D eigenvalue weighted by molar-refractivity contribution is 5.51. The van der Waals surface area contributed by atoms with Crippen LogP contribution in [0.3, 0.4) is 0 Å². The predicted molar refractivity (Wildman–Crippen MR) is 68.2 cm³/mol. The second kappa shape index (κ2) is 5.39. The summed E-state index contributed by atoms with van der Waals surface area (Å²) in [4.78, 5) is 20.4. The highest BCUT2D eigenvalue weighted by atomic mass is 16.5. The lowest BCUT2D eigenvalue weighted by Crippen LogP contribution is -2.44. The average molecular weight is 253 g/mol. The molecule has 0 aliphatic carbocycles. The van der Waals surface area contributed by atoms with E-state index in [1.165, 1.54) is 13.4 Å². The largest absolute Gasteiger partial charge is 0.489 e. The number of hydrogen-bond donors (Lipinski definition) is 1. The monoisotopic (exact) mass is 253 g/mol. The maximum absolute atomic E-state index is 11.7. The first-order valence-electron chi connectivity index (χ1n) is 6.06. The van der Waals surface area contributed by atoms with Gasteiger partial charge in [-0.15, -0.1) is 0 Å². The second-order valence-corrected chi connectivity index (χ2v) is 4.57. The lowest BCUT2D eigenvalue weighted by atomic mass is 9.96. The van der Waals surface area contributed by atoms with E-state index in [1.807, 2.05) is 4.90 Å². The Balaban J connectivity index is 2.27. The van der Waals surface area contributed by atoms with Crippen LogP contribution in [0.5, 0.6) is 5.75 Å². The summed E-state index contributed by atoms with van der Waals surface area (Å²) in [5.74, 6) is 1.37. The number of methoxy groups -OCH3 is 2. The van der Waals surface area contributed by atoms with Crippen LogP contribution in [0.15, 0.2) is 11.1 Å². The number of piperidine rings is 1. The Morgan fingerprint density at radius 2 is 2.28 bits per heavy atom. The molecule has 100 valence electrons. The normalized spacial score (nSPS) is 24.1. The zero-order valence-electron chi connectivity index (χ0n) is 11.0. The van der Waals surface area contributed by atoms with Gasteiger partial charge in [-0.3, -0.25) is 4.79 Å². The Bertz CT molecular complexity index is 460. The maximum atomic E-state index is 11.7. The minimum absolute atomic E-state index is 0.157. The van der Waals surface area contributed by atoms with Crippen molar-refractivity contribution in [1.29, 1.82) is 0 Å². The Labute approximate surface area is 106 Å². The topological polar surface area (TPSA) is 67.5 Å². The Morgan fingerprint density at radius 1 is 1.50 bits per heavy atom. The summed E-state index contributed by atoms with van der Waals surface area (Å²) < 4.78 is 10.6. The second-order valence-electron chi connectivity index (χ2n) is 4.57. The number of anilines is 1. The van der Waals surface area contributed by atoms with Crippen LogP contribution in [0, 0.1) is 5.92 Å². The van der Waals surface area contributed by atoms with Gasteiger partial charge in [0.15, 0.2) is 5.82 Å².